The highest BCUT2D eigenvalue weighted by molar-refractivity contribution is 7.85. The van der Waals surface area contributed by atoms with Gasteiger partial charge in [-0.15, -0.1) is 0 Å². The molecule has 0 amide bonds. The first kappa shape index (κ1) is 21.6. The van der Waals surface area contributed by atoms with Gasteiger partial charge in [0.1, 0.15) is 22.0 Å². The first-order chi connectivity index (χ1) is 13.6. The van der Waals surface area contributed by atoms with E-state index in [2.05, 4.69) is 0 Å². The van der Waals surface area contributed by atoms with Crippen molar-refractivity contribution in [2.45, 2.75) is 18.4 Å². The van der Waals surface area contributed by atoms with Crippen molar-refractivity contribution < 1.29 is 35.6 Å². The van der Waals surface area contributed by atoms with Crippen LogP contribution in [0.1, 0.15) is 17.2 Å². The molecule has 0 radical (unpaired) electrons. The van der Waals surface area contributed by atoms with Gasteiger partial charge in [-0.25, -0.2) is 8.42 Å². The van der Waals surface area contributed by atoms with E-state index in [4.69, 9.17) is 9.47 Å². The van der Waals surface area contributed by atoms with Gasteiger partial charge in [-0.3, -0.25) is 4.90 Å². The third-order valence-corrected chi connectivity index (χ3v) is 5.11. The number of hydrogen-bond acceptors (Lipinski definition) is 6. The molecule has 1 fully saturated rings. The molecule has 2 aromatic rings. The second-order valence-corrected chi connectivity index (χ2v) is 8.02. The zero-order chi connectivity index (χ0) is 21.1. The zero-order valence-electron chi connectivity index (χ0n) is 15.2. The number of halogens is 3. The van der Waals surface area contributed by atoms with Crippen LogP contribution < -0.4 is 4.74 Å². The van der Waals surface area contributed by atoms with Crippen LogP contribution in [-0.4, -0.2) is 49.5 Å². The molecule has 158 valence electrons. The fourth-order valence-electron chi connectivity index (χ4n) is 3.13. The van der Waals surface area contributed by atoms with E-state index < -0.39 is 39.9 Å². The number of rotatable bonds is 6. The predicted molar refractivity (Wildman–Crippen MR) is 97.1 cm³/mol. The molecule has 0 bridgehead atoms. The monoisotopic (exact) mass is 430 g/mol. The van der Waals surface area contributed by atoms with Crippen molar-refractivity contribution in [3.63, 3.8) is 0 Å². The Morgan fingerprint density at radius 3 is 2.38 bits per heavy atom. The Morgan fingerprint density at radius 1 is 1.14 bits per heavy atom. The van der Waals surface area contributed by atoms with Gasteiger partial charge < -0.3 is 14.0 Å². The largest absolute Gasteiger partial charge is 0.747 e. The van der Waals surface area contributed by atoms with Crippen LogP contribution in [-0.2, 0) is 21.0 Å². The number of alkyl halides is 3. The van der Waals surface area contributed by atoms with Gasteiger partial charge in [0.2, 0.25) is 0 Å². The van der Waals surface area contributed by atoms with Crippen molar-refractivity contribution in [2.24, 2.45) is 0 Å². The number of nitrogens with zero attached hydrogens (tertiary/aromatic N) is 1. The minimum absolute atomic E-state index is 0.127. The molecule has 2 unspecified atom stereocenters. The summed E-state index contributed by atoms with van der Waals surface area (Å²) in [4.78, 5) is 1.46. The molecule has 0 spiro atoms. The Morgan fingerprint density at radius 2 is 1.79 bits per heavy atom. The molecule has 0 aliphatic carbocycles. The van der Waals surface area contributed by atoms with E-state index in [0.29, 0.717) is 5.56 Å². The van der Waals surface area contributed by atoms with Gasteiger partial charge in [0.15, 0.2) is 6.10 Å². The summed E-state index contributed by atoms with van der Waals surface area (Å²) in [5.41, 5.74) is -0.0777. The van der Waals surface area contributed by atoms with E-state index in [1.54, 1.807) is 30.3 Å². The molecule has 0 N–H and O–H groups in total. The second-order valence-electron chi connectivity index (χ2n) is 6.64. The van der Waals surface area contributed by atoms with E-state index in [0.717, 1.165) is 12.1 Å². The van der Waals surface area contributed by atoms with E-state index in [1.807, 2.05) is 0 Å². The Labute approximate surface area is 166 Å². The highest BCUT2D eigenvalue weighted by Crippen LogP contribution is 2.33. The number of morpholine rings is 1. The molecule has 0 saturated carbocycles. The summed E-state index contributed by atoms with van der Waals surface area (Å²) in [6.07, 6.45) is -5.77. The number of benzene rings is 2. The van der Waals surface area contributed by atoms with Crippen LogP contribution in [0.25, 0.3) is 0 Å². The summed E-state index contributed by atoms with van der Waals surface area (Å²) in [6, 6.07) is 13.2. The molecule has 10 heteroatoms. The topological polar surface area (TPSA) is 78.9 Å². The SMILES string of the molecule is O=S(=O)([O-])CN1CCOC(C(Oc2ccc(C(F)(F)F)cc2)c2ccccc2)C1. The molecule has 6 nitrogen and oxygen atoms in total. The van der Waals surface area contributed by atoms with Gasteiger partial charge in [-0.1, -0.05) is 30.3 Å². The van der Waals surface area contributed by atoms with Gasteiger partial charge in [-0.2, -0.15) is 13.2 Å². The van der Waals surface area contributed by atoms with Gasteiger partial charge in [0.25, 0.3) is 0 Å². The Kier molecular flexibility index (Phi) is 6.47. The Bertz CT molecular complexity index is 904. The minimum atomic E-state index is -4.45. The summed E-state index contributed by atoms with van der Waals surface area (Å²) in [5.74, 6) is -0.432. The first-order valence-electron chi connectivity index (χ1n) is 8.78. The lowest BCUT2D eigenvalue weighted by Crippen LogP contribution is -2.47. The van der Waals surface area contributed by atoms with Crippen LogP contribution in [0.15, 0.2) is 54.6 Å². The summed E-state index contributed by atoms with van der Waals surface area (Å²) in [6.45, 7) is 0.599. The molecular formula is C19H19F3NO5S-. The van der Waals surface area contributed by atoms with Gasteiger partial charge in [0.05, 0.1) is 18.0 Å². The normalized spacial score (nSPS) is 19.7. The molecule has 1 saturated heterocycles. The first-order valence-corrected chi connectivity index (χ1v) is 10.4. The maximum absolute atomic E-state index is 12.8. The fourth-order valence-corrected chi connectivity index (χ4v) is 3.81. The zero-order valence-corrected chi connectivity index (χ0v) is 16.0. The fraction of sp³-hybridized carbons (Fsp3) is 0.368. The molecule has 0 aromatic heterocycles. The van der Waals surface area contributed by atoms with Crippen LogP contribution >= 0.6 is 0 Å². The number of hydrogen-bond donors (Lipinski definition) is 0. The Balaban J connectivity index is 1.82. The molecule has 1 aliphatic rings. The highest BCUT2D eigenvalue weighted by Gasteiger charge is 2.33. The van der Waals surface area contributed by atoms with Crippen LogP contribution in [0.5, 0.6) is 5.75 Å². The summed E-state index contributed by atoms with van der Waals surface area (Å²) < 4.78 is 83.3. The number of ether oxygens (including phenoxy) is 2. The lowest BCUT2D eigenvalue weighted by molar-refractivity contribution is -0.137. The van der Waals surface area contributed by atoms with Gasteiger partial charge >= 0.3 is 6.18 Å². The third kappa shape index (κ3) is 6.17. The Hall–Kier alpha value is -2.14. The predicted octanol–water partition coefficient (Wildman–Crippen LogP) is 3.03. The van der Waals surface area contributed by atoms with Crippen molar-refractivity contribution in [3.8, 4) is 5.75 Å². The van der Waals surface area contributed by atoms with Crippen molar-refractivity contribution in [3.05, 3.63) is 65.7 Å². The maximum Gasteiger partial charge on any atom is 0.416 e. The summed E-state index contributed by atoms with van der Waals surface area (Å²) >= 11 is 0. The van der Waals surface area contributed by atoms with E-state index >= 15 is 0 Å². The molecule has 2 aromatic carbocycles. The van der Waals surface area contributed by atoms with Crippen LogP contribution in [0.3, 0.4) is 0 Å². The summed E-state index contributed by atoms with van der Waals surface area (Å²) in [7, 11) is -4.44. The van der Waals surface area contributed by atoms with E-state index in [9.17, 15) is 26.1 Å². The standard InChI is InChI=1S/C19H20F3NO5S/c20-19(21,22)15-6-8-16(9-7-15)28-18(14-4-2-1-3-5-14)17-12-23(10-11-27-17)13-29(24,25)26/h1-9,17-18H,10-13H2,(H,24,25,26)/p-1. The maximum atomic E-state index is 12.8. The van der Waals surface area contributed by atoms with Crippen molar-refractivity contribution in [1.82, 2.24) is 4.90 Å². The second kappa shape index (κ2) is 8.70. The average molecular weight is 430 g/mol. The van der Waals surface area contributed by atoms with Crippen LogP contribution in [0, 0.1) is 0 Å². The molecule has 3 rings (SSSR count). The molecule has 1 heterocycles. The van der Waals surface area contributed by atoms with Crippen molar-refractivity contribution >= 4 is 10.1 Å². The van der Waals surface area contributed by atoms with Crippen LogP contribution in [0.2, 0.25) is 0 Å². The average Bonchev–Trinajstić information content (AvgIpc) is 2.65. The summed E-state index contributed by atoms with van der Waals surface area (Å²) in [5, 5.41) is 0. The lowest BCUT2D eigenvalue weighted by atomic mass is 10.0. The molecular weight excluding hydrogens is 411 g/mol. The molecule has 29 heavy (non-hydrogen) atoms. The smallest absolute Gasteiger partial charge is 0.416 e. The van der Waals surface area contributed by atoms with Crippen molar-refractivity contribution in [1.29, 1.82) is 0 Å². The third-order valence-electron chi connectivity index (χ3n) is 4.43. The van der Waals surface area contributed by atoms with Crippen molar-refractivity contribution in [2.75, 3.05) is 25.6 Å². The lowest BCUT2D eigenvalue weighted by Gasteiger charge is -2.37. The quantitative estimate of drug-likeness (QED) is 0.656. The van der Waals surface area contributed by atoms with E-state index in [-0.39, 0.29) is 25.4 Å². The van der Waals surface area contributed by atoms with Gasteiger partial charge in [-0.05, 0) is 29.8 Å². The van der Waals surface area contributed by atoms with Gasteiger partial charge in [0, 0.05) is 13.1 Å². The van der Waals surface area contributed by atoms with E-state index in [1.165, 1.54) is 17.0 Å². The minimum Gasteiger partial charge on any atom is -0.747 e. The molecule has 2 atom stereocenters. The molecule has 1 aliphatic heterocycles. The van der Waals surface area contributed by atoms with Crippen LogP contribution in [0.4, 0.5) is 13.2 Å². The highest BCUT2D eigenvalue weighted by atomic mass is 32.2.